The van der Waals surface area contributed by atoms with E-state index in [2.05, 4.69) is 36.6 Å². The lowest BCUT2D eigenvalue weighted by atomic mass is 10.2. The number of carbonyl (C=O) groups is 1. The van der Waals surface area contributed by atoms with E-state index < -0.39 is 0 Å². The molecule has 0 aliphatic rings. The molecule has 0 spiro atoms. The molecule has 0 saturated carbocycles. The Labute approximate surface area is 120 Å². The van der Waals surface area contributed by atoms with Crippen LogP contribution in [0.1, 0.15) is 39.2 Å². The predicted molar refractivity (Wildman–Crippen MR) is 84.1 cm³/mol. The van der Waals surface area contributed by atoms with Gasteiger partial charge in [0.25, 0.3) is 0 Å². The zero-order chi connectivity index (χ0) is 14.3. The van der Waals surface area contributed by atoms with Gasteiger partial charge in [-0.2, -0.15) is 0 Å². The molecule has 0 heterocycles. The average Bonchev–Trinajstić information content (AvgIpc) is 2.39. The van der Waals surface area contributed by atoms with Gasteiger partial charge in [0.2, 0.25) is 0 Å². The fraction of sp³-hybridized carbons (Fsp3) is 0.533. The summed E-state index contributed by atoms with van der Waals surface area (Å²) in [6, 6.07) is 6.05. The van der Waals surface area contributed by atoms with Crippen LogP contribution in [0.25, 0.3) is 0 Å². The van der Waals surface area contributed by atoms with Crippen LogP contribution in [0.4, 0.5) is 10.5 Å². The first-order valence-electron chi connectivity index (χ1n) is 6.89. The van der Waals surface area contributed by atoms with E-state index in [9.17, 15) is 4.79 Å². The van der Waals surface area contributed by atoms with Crippen molar-refractivity contribution in [1.29, 1.82) is 0 Å². The standard InChI is InChI=1S/C15H24N2OS/c1-5-9-16-15(18)17-14-8-7-13(10-11(14)3)19-12(4)6-2/h7-8,10,12H,5-6,9H2,1-4H3,(H2,16,17,18). The van der Waals surface area contributed by atoms with Crippen molar-refractivity contribution in [3.05, 3.63) is 23.8 Å². The van der Waals surface area contributed by atoms with Crippen molar-refractivity contribution in [3.63, 3.8) is 0 Å². The number of hydrogen-bond donors (Lipinski definition) is 2. The predicted octanol–water partition coefficient (Wildman–Crippen LogP) is 4.42. The molecule has 1 rings (SSSR count). The zero-order valence-electron chi connectivity index (χ0n) is 12.2. The van der Waals surface area contributed by atoms with Gasteiger partial charge in [-0.15, -0.1) is 11.8 Å². The number of nitrogens with one attached hydrogen (secondary N) is 2. The Hall–Kier alpha value is -1.16. The normalized spacial score (nSPS) is 12.0. The third kappa shape index (κ3) is 5.55. The second kappa shape index (κ2) is 8.10. The van der Waals surface area contributed by atoms with Crippen molar-refractivity contribution in [3.8, 4) is 0 Å². The molecule has 0 fully saturated rings. The van der Waals surface area contributed by atoms with Gasteiger partial charge in [0.1, 0.15) is 0 Å². The molecular weight excluding hydrogens is 256 g/mol. The van der Waals surface area contributed by atoms with E-state index in [-0.39, 0.29) is 6.03 Å². The minimum atomic E-state index is -0.132. The van der Waals surface area contributed by atoms with Gasteiger partial charge in [-0.3, -0.25) is 0 Å². The van der Waals surface area contributed by atoms with Crippen LogP contribution in [-0.2, 0) is 0 Å². The largest absolute Gasteiger partial charge is 0.338 e. The third-order valence-corrected chi connectivity index (χ3v) is 4.16. The summed E-state index contributed by atoms with van der Waals surface area (Å²) in [4.78, 5) is 12.9. The topological polar surface area (TPSA) is 41.1 Å². The monoisotopic (exact) mass is 280 g/mol. The summed E-state index contributed by atoms with van der Waals surface area (Å²) in [6.45, 7) is 9.18. The number of urea groups is 1. The maximum atomic E-state index is 11.6. The molecule has 0 aromatic heterocycles. The molecule has 1 aromatic carbocycles. The molecule has 106 valence electrons. The van der Waals surface area contributed by atoms with Gasteiger partial charge in [0.05, 0.1) is 0 Å². The van der Waals surface area contributed by atoms with E-state index in [0.29, 0.717) is 11.8 Å². The molecule has 0 aliphatic heterocycles. The van der Waals surface area contributed by atoms with Crippen molar-refractivity contribution < 1.29 is 4.79 Å². The summed E-state index contributed by atoms with van der Waals surface area (Å²) in [5, 5.41) is 6.31. The molecule has 0 aliphatic carbocycles. The van der Waals surface area contributed by atoms with Crippen molar-refractivity contribution >= 4 is 23.5 Å². The molecule has 1 aromatic rings. The summed E-state index contributed by atoms with van der Waals surface area (Å²) in [6.07, 6.45) is 2.10. The molecule has 0 radical (unpaired) electrons. The number of rotatable bonds is 6. The lowest BCUT2D eigenvalue weighted by Crippen LogP contribution is -2.29. The molecule has 0 bridgehead atoms. The van der Waals surface area contributed by atoms with E-state index in [0.717, 1.165) is 24.1 Å². The summed E-state index contributed by atoms with van der Waals surface area (Å²) < 4.78 is 0. The highest BCUT2D eigenvalue weighted by Crippen LogP contribution is 2.28. The second-order valence-corrected chi connectivity index (χ2v) is 6.21. The highest BCUT2D eigenvalue weighted by Gasteiger charge is 2.06. The van der Waals surface area contributed by atoms with Crippen LogP contribution in [0.15, 0.2) is 23.1 Å². The first-order chi connectivity index (χ1) is 9.06. The van der Waals surface area contributed by atoms with Crippen LogP contribution >= 0.6 is 11.8 Å². The van der Waals surface area contributed by atoms with Gasteiger partial charge in [0, 0.05) is 22.4 Å². The zero-order valence-corrected chi connectivity index (χ0v) is 13.1. The van der Waals surface area contributed by atoms with E-state index in [1.165, 1.54) is 4.90 Å². The fourth-order valence-electron chi connectivity index (χ4n) is 1.57. The Balaban J connectivity index is 2.64. The molecule has 4 heteroatoms. The fourth-order valence-corrected chi connectivity index (χ4v) is 2.59. The summed E-state index contributed by atoms with van der Waals surface area (Å²) in [5.74, 6) is 0. The Bertz CT molecular complexity index is 421. The van der Waals surface area contributed by atoms with Crippen LogP contribution in [0.2, 0.25) is 0 Å². The summed E-state index contributed by atoms with van der Waals surface area (Å²) >= 11 is 1.87. The number of carbonyl (C=O) groups excluding carboxylic acids is 1. The van der Waals surface area contributed by atoms with Crippen LogP contribution in [0.3, 0.4) is 0 Å². The summed E-state index contributed by atoms with van der Waals surface area (Å²) in [5.41, 5.74) is 1.97. The van der Waals surface area contributed by atoms with Crippen LogP contribution < -0.4 is 10.6 Å². The van der Waals surface area contributed by atoms with Gasteiger partial charge >= 0.3 is 6.03 Å². The average molecular weight is 280 g/mol. The number of anilines is 1. The van der Waals surface area contributed by atoms with Crippen LogP contribution in [0, 0.1) is 6.92 Å². The molecule has 2 amide bonds. The van der Waals surface area contributed by atoms with Gasteiger partial charge in [-0.05, 0) is 43.5 Å². The highest BCUT2D eigenvalue weighted by molar-refractivity contribution is 7.99. The van der Waals surface area contributed by atoms with Crippen LogP contribution in [-0.4, -0.2) is 17.8 Å². The lowest BCUT2D eigenvalue weighted by Gasteiger charge is -2.12. The quantitative estimate of drug-likeness (QED) is 0.757. The molecule has 1 unspecified atom stereocenters. The van der Waals surface area contributed by atoms with Gasteiger partial charge in [-0.25, -0.2) is 4.79 Å². The van der Waals surface area contributed by atoms with Gasteiger partial charge in [-0.1, -0.05) is 20.8 Å². The van der Waals surface area contributed by atoms with Crippen molar-refractivity contribution in [2.45, 2.75) is 50.7 Å². The molecular formula is C15H24N2OS. The Morgan fingerprint density at radius 2 is 2.11 bits per heavy atom. The summed E-state index contributed by atoms with van der Waals surface area (Å²) in [7, 11) is 0. The van der Waals surface area contributed by atoms with Crippen molar-refractivity contribution in [2.75, 3.05) is 11.9 Å². The molecule has 19 heavy (non-hydrogen) atoms. The van der Waals surface area contributed by atoms with Gasteiger partial charge in [0.15, 0.2) is 0 Å². The Morgan fingerprint density at radius 1 is 1.37 bits per heavy atom. The SMILES string of the molecule is CCCNC(=O)Nc1ccc(SC(C)CC)cc1C. The second-order valence-electron chi connectivity index (χ2n) is 4.69. The Kier molecular flexibility index (Phi) is 6.78. The number of thioether (sulfide) groups is 1. The van der Waals surface area contributed by atoms with E-state index in [1.54, 1.807) is 0 Å². The van der Waals surface area contributed by atoms with E-state index >= 15 is 0 Å². The molecule has 2 N–H and O–H groups in total. The number of hydrogen-bond acceptors (Lipinski definition) is 2. The molecule has 0 saturated heterocycles. The minimum Gasteiger partial charge on any atom is -0.338 e. The minimum absolute atomic E-state index is 0.132. The maximum Gasteiger partial charge on any atom is 0.319 e. The van der Waals surface area contributed by atoms with Crippen molar-refractivity contribution in [1.82, 2.24) is 5.32 Å². The highest BCUT2D eigenvalue weighted by atomic mass is 32.2. The molecule has 3 nitrogen and oxygen atoms in total. The van der Waals surface area contributed by atoms with E-state index in [4.69, 9.17) is 0 Å². The van der Waals surface area contributed by atoms with Gasteiger partial charge < -0.3 is 10.6 Å². The smallest absolute Gasteiger partial charge is 0.319 e. The first-order valence-corrected chi connectivity index (χ1v) is 7.77. The first kappa shape index (κ1) is 15.9. The number of aryl methyl sites for hydroxylation is 1. The van der Waals surface area contributed by atoms with Crippen molar-refractivity contribution in [2.24, 2.45) is 0 Å². The Morgan fingerprint density at radius 3 is 2.68 bits per heavy atom. The molecule has 1 atom stereocenters. The number of benzene rings is 1. The van der Waals surface area contributed by atoms with E-state index in [1.807, 2.05) is 31.7 Å². The maximum absolute atomic E-state index is 11.6. The number of amides is 2. The van der Waals surface area contributed by atoms with Crippen LogP contribution in [0.5, 0.6) is 0 Å². The lowest BCUT2D eigenvalue weighted by molar-refractivity contribution is 0.252. The third-order valence-electron chi connectivity index (χ3n) is 2.89.